The summed E-state index contributed by atoms with van der Waals surface area (Å²) in [5, 5.41) is 0. The monoisotopic (exact) mass is 368 g/mol. The van der Waals surface area contributed by atoms with E-state index in [1.54, 1.807) is 0 Å². The first-order valence-electron chi connectivity index (χ1n) is 9.93. The van der Waals surface area contributed by atoms with Gasteiger partial charge in [0.15, 0.2) is 0 Å². The molecule has 0 aliphatic carbocycles. The number of hydrogen-bond donors (Lipinski definition) is 0. The molecule has 0 aromatic heterocycles. The van der Waals surface area contributed by atoms with Gasteiger partial charge in [-0.1, -0.05) is 72.5 Å². The molecule has 0 radical (unpaired) electrons. The fraction of sp³-hybridized carbons (Fsp3) is 0.727. The van der Waals surface area contributed by atoms with E-state index in [-0.39, 0.29) is 23.3 Å². The van der Waals surface area contributed by atoms with Gasteiger partial charge < -0.3 is 9.47 Å². The van der Waals surface area contributed by atoms with Gasteiger partial charge >= 0.3 is 11.9 Å². The summed E-state index contributed by atoms with van der Waals surface area (Å²) in [6.07, 6.45) is 12.0. The minimum absolute atomic E-state index is 0.0583. The van der Waals surface area contributed by atoms with E-state index in [2.05, 4.69) is 27.0 Å². The lowest BCUT2D eigenvalue weighted by Crippen LogP contribution is -2.25. The van der Waals surface area contributed by atoms with Crippen LogP contribution in [0, 0.1) is 11.3 Å². The quantitative estimate of drug-likeness (QED) is 0.210. The highest BCUT2D eigenvalue weighted by Gasteiger charge is 2.28. The van der Waals surface area contributed by atoms with Crippen molar-refractivity contribution in [1.29, 1.82) is 0 Å². The van der Waals surface area contributed by atoms with Crippen molar-refractivity contribution in [2.45, 2.75) is 92.4 Å². The minimum Gasteiger partial charge on any atom is -0.435 e. The highest BCUT2D eigenvalue weighted by molar-refractivity contribution is 5.76. The Kier molecular flexibility index (Phi) is 17.3. The van der Waals surface area contributed by atoms with E-state index in [0.29, 0.717) is 0 Å². The Balaban J connectivity index is 0. The number of carbonyl (C=O) groups is 2. The molecule has 0 bridgehead atoms. The summed E-state index contributed by atoms with van der Waals surface area (Å²) in [4.78, 5) is 22.6. The van der Waals surface area contributed by atoms with Crippen molar-refractivity contribution >= 4 is 11.9 Å². The minimum atomic E-state index is -0.373. The van der Waals surface area contributed by atoms with Crippen LogP contribution in [0.15, 0.2) is 25.7 Å². The molecule has 0 aliphatic heterocycles. The van der Waals surface area contributed by atoms with Gasteiger partial charge in [-0.25, -0.2) is 0 Å². The van der Waals surface area contributed by atoms with Gasteiger partial charge in [0, 0.05) is 0 Å². The van der Waals surface area contributed by atoms with Crippen molar-refractivity contribution in [1.82, 2.24) is 0 Å². The first kappa shape index (κ1) is 26.6. The number of ether oxygens (including phenoxy) is 2. The van der Waals surface area contributed by atoms with Crippen molar-refractivity contribution in [3.05, 3.63) is 25.7 Å². The molecule has 1 atom stereocenters. The first-order chi connectivity index (χ1) is 12.3. The van der Waals surface area contributed by atoms with Crippen LogP contribution in [0.3, 0.4) is 0 Å². The molecule has 26 heavy (non-hydrogen) atoms. The largest absolute Gasteiger partial charge is 0.435 e. The summed E-state index contributed by atoms with van der Waals surface area (Å²) < 4.78 is 9.51. The van der Waals surface area contributed by atoms with Gasteiger partial charge in [0.25, 0.3) is 0 Å². The summed E-state index contributed by atoms with van der Waals surface area (Å²) in [5.41, 5.74) is -0.373. The molecule has 0 aliphatic rings. The zero-order chi connectivity index (χ0) is 20.4. The smallest absolute Gasteiger partial charge is 0.316 e. The maximum Gasteiger partial charge on any atom is 0.316 e. The Bertz CT molecular complexity index is 399. The number of esters is 2. The molecule has 0 spiro atoms. The van der Waals surface area contributed by atoms with Gasteiger partial charge in [-0.2, -0.15) is 0 Å². The van der Waals surface area contributed by atoms with Crippen LogP contribution in [0.5, 0.6) is 0 Å². The van der Waals surface area contributed by atoms with E-state index in [1.165, 1.54) is 31.8 Å². The van der Waals surface area contributed by atoms with Gasteiger partial charge in [0.2, 0.25) is 0 Å². The van der Waals surface area contributed by atoms with Crippen LogP contribution in [-0.2, 0) is 19.1 Å². The van der Waals surface area contributed by atoms with Crippen LogP contribution >= 0.6 is 0 Å². The predicted molar refractivity (Wildman–Crippen MR) is 108 cm³/mol. The van der Waals surface area contributed by atoms with E-state index >= 15 is 0 Å². The highest BCUT2D eigenvalue weighted by atomic mass is 16.5. The van der Waals surface area contributed by atoms with E-state index in [9.17, 15) is 9.59 Å². The van der Waals surface area contributed by atoms with Crippen LogP contribution in [0.4, 0.5) is 0 Å². The molecular formula is C22H40O4. The Hall–Kier alpha value is -1.58. The second-order valence-electron chi connectivity index (χ2n) is 7.12. The van der Waals surface area contributed by atoms with Crippen molar-refractivity contribution in [3.63, 3.8) is 0 Å². The molecule has 0 heterocycles. The Morgan fingerprint density at radius 2 is 1.50 bits per heavy atom. The molecule has 0 aromatic rings. The zero-order valence-electron chi connectivity index (χ0n) is 17.6. The average molecular weight is 369 g/mol. The summed E-state index contributed by atoms with van der Waals surface area (Å²) in [6.45, 7) is 16.9. The van der Waals surface area contributed by atoms with Gasteiger partial charge in [-0.15, -0.1) is 0 Å². The van der Waals surface area contributed by atoms with Gasteiger partial charge in [-0.3, -0.25) is 9.59 Å². The normalized spacial score (nSPS) is 11.6. The Morgan fingerprint density at radius 3 is 1.96 bits per heavy atom. The second-order valence-corrected chi connectivity index (χ2v) is 7.12. The third-order valence-corrected chi connectivity index (χ3v) is 4.33. The summed E-state index contributed by atoms with van der Waals surface area (Å²) in [7, 11) is 0. The van der Waals surface area contributed by atoms with Crippen molar-refractivity contribution in [2.24, 2.45) is 11.3 Å². The predicted octanol–water partition coefficient (Wildman–Crippen LogP) is 6.56. The molecular weight excluding hydrogens is 328 g/mol. The molecule has 0 saturated heterocycles. The zero-order valence-corrected chi connectivity index (χ0v) is 17.6. The van der Waals surface area contributed by atoms with Crippen LogP contribution < -0.4 is 0 Å². The van der Waals surface area contributed by atoms with E-state index in [4.69, 9.17) is 9.47 Å². The summed E-state index contributed by atoms with van der Waals surface area (Å²) in [5.74, 6) is -0.257. The third-order valence-electron chi connectivity index (χ3n) is 4.33. The molecule has 0 N–H and O–H groups in total. The third kappa shape index (κ3) is 13.7. The van der Waals surface area contributed by atoms with Crippen molar-refractivity contribution < 1.29 is 19.1 Å². The Labute approximate surface area is 161 Å². The number of rotatable bonds is 13. The lowest BCUT2D eigenvalue weighted by Gasteiger charge is -2.20. The van der Waals surface area contributed by atoms with Gasteiger partial charge in [-0.05, 0) is 33.1 Å². The summed E-state index contributed by atoms with van der Waals surface area (Å²) >= 11 is 0. The van der Waals surface area contributed by atoms with Crippen LogP contribution in [0.25, 0.3) is 0 Å². The van der Waals surface area contributed by atoms with Crippen molar-refractivity contribution in [2.75, 3.05) is 0 Å². The molecule has 4 heteroatoms. The highest BCUT2D eigenvalue weighted by Crippen LogP contribution is 2.25. The topological polar surface area (TPSA) is 52.6 Å². The molecule has 152 valence electrons. The van der Waals surface area contributed by atoms with E-state index in [0.717, 1.165) is 38.5 Å². The van der Waals surface area contributed by atoms with Gasteiger partial charge in [0.05, 0.1) is 23.9 Å². The fourth-order valence-electron chi connectivity index (χ4n) is 2.45. The average Bonchev–Trinajstić information content (AvgIpc) is 2.60. The maximum absolute atomic E-state index is 11.4. The summed E-state index contributed by atoms with van der Waals surface area (Å²) in [6, 6.07) is 0. The molecule has 4 nitrogen and oxygen atoms in total. The fourth-order valence-corrected chi connectivity index (χ4v) is 2.45. The Morgan fingerprint density at radius 1 is 0.923 bits per heavy atom. The maximum atomic E-state index is 11.4. The molecule has 1 unspecified atom stereocenters. The number of unbranched alkanes of at least 4 members (excludes halogenated alkanes) is 4. The van der Waals surface area contributed by atoms with Crippen LogP contribution in [0.1, 0.15) is 92.4 Å². The molecule has 0 fully saturated rings. The molecule has 0 aromatic carbocycles. The first-order valence-corrected chi connectivity index (χ1v) is 9.93. The lowest BCUT2D eigenvalue weighted by atomic mass is 9.87. The number of carbonyl (C=O) groups excluding carboxylic acids is 2. The van der Waals surface area contributed by atoms with E-state index in [1.807, 2.05) is 20.8 Å². The SMILES string of the molecule is C=COC(=O)C(C)(C)CCCCCC.C=COC(=O)C(CC)CCCC. The lowest BCUT2D eigenvalue weighted by molar-refractivity contribution is -0.148. The number of hydrogen-bond acceptors (Lipinski definition) is 4. The van der Waals surface area contributed by atoms with Gasteiger partial charge in [0.1, 0.15) is 0 Å². The van der Waals surface area contributed by atoms with Crippen LogP contribution in [0.2, 0.25) is 0 Å². The second kappa shape index (κ2) is 16.9. The molecule has 0 amide bonds. The van der Waals surface area contributed by atoms with E-state index < -0.39 is 0 Å². The molecule has 0 rings (SSSR count). The molecule has 0 saturated carbocycles. The van der Waals surface area contributed by atoms with Crippen LogP contribution in [-0.4, -0.2) is 11.9 Å². The standard InChI is InChI=1S/C12H22O2.C10H18O2/c1-5-7-8-9-10-12(3,4)11(13)14-6-2;1-4-7-8-9(5-2)10(11)12-6-3/h6H,2,5,7-10H2,1,3-4H3;6,9H,3-5,7-8H2,1-2H3. The van der Waals surface area contributed by atoms with Crippen molar-refractivity contribution in [3.8, 4) is 0 Å².